The zero-order valence-electron chi connectivity index (χ0n) is 12.8. The van der Waals surface area contributed by atoms with E-state index >= 15 is 0 Å². The number of halogens is 1. The quantitative estimate of drug-likeness (QED) is 0.652. The van der Waals surface area contributed by atoms with Crippen molar-refractivity contribution in [3.05, 3.63) is 58.6 Å². The van der Waals surface area contributed by atoms with Crippen molar-refractivity contribution in [1.29, 1.82) is 0 Å². The molecule has 2 aromatic rings. The van der Waals surface area contributed by atoms with Gasteiger partial charge < -0.3 is 14.6 Å². The molecule has 6 heteroatoms. The third kappa shape index (κ3) is 5.00. The fraction of sp³-hybridized carbons (Fsp3) is 0.176. The van der Waals surface area contributed by atoms with Gasteiger partial charge in [0.2, 0.25) is 0 Å². The van der Waals surface area contributed by atoms with Crippen molar-refractivity contribution in [2.45, 2.75) is 13.8 Å². The molecule has 0 fully saturated rings. The van der Waals surface area contributed by atoms with Crippen molar-refractivity contribution in [3.8, 4) is 5.75 Å². The lowest BCUT2D eigenvalue weighted by molar-refractivity contribution is -0.307. The van der Waals surface area contributed by atoms with E-state index in [0.29, 0.717) is 10.8 Å². The molecule has 5 nitrogen and oxygen atoms in total. The zero-order chi connectivity index (χ0) is 16.8. The number of hydrazone groups is 1. The summed E-state index contributed by atoms with van der Waals surface area (Å²) < 4.78 is 5.10. The van der Waals surface area contributed by atoms with E-state index in [0.717, 1.165) is 22.5 Å². The second kappa shape index (κ2) is 7.65. The number of benzene rings is 2. The Labute approximate surface area is 139 Å². The van der Waals surface area contributed by atoms with Crippen molar-refractivity contribution in [1.82, 2.24) is 0 Å². The molecule has 0 aliphatic rings. The summed E-state index contributed by atoms with van der Waals surface area (Å²) in [6.07, 6.45) is 0. The predicted molar refractivity (Wildman–Crippen MR) is 89.0 cm³/mol. The molecular weight excluding hydrogens is 316 g/mol. The van der Waals surface area contributed by atoms with Crippen LogP contribution >= 0.6 is 11.6 Å². The zero-order valence-corrected chi connectivity index (χ0v) is 13.6. The number of rotatable bonds is 6. The number of nitrogens with zero attached hydrogens (tertiary/aromatic N) is 1. The summed E-state index contributed by atoms with van der Waals surface area (Å²) >= 11 is 6.07. The van der Waals surface area contributed by atoms with E-state index in [1.165, 1.54) is 0 Å². The summed E-state index contributed by atoms with van der Waals surface area (Å²) in [5.41, 5.74) is 6.25. The Morgan fingerprint density at radius 3 is 2.78 bits per heavy atom. The number of hydrogen-bond acceptors (Lipinski definition) is 5. The number of ether oxygens (including phenoxy) is 1. The molecule has 0 heterocycles. The summed E-state index contributed by atoms with van der Waals surface area (Å²) in [4.78, 5) is 10.4. The van der Waals surface area contributed by atoms with Crippen molar-refractivity contribution in [2.75, 3.05) is 12.0 Å². The smallest absolute Gasteiger partial charge is 0.128 e. The Hall–Kier alpha value is -2.53. The second-order valence-corrected chi connectivity index (χ2v) is 5.37. The van der Waals surface area contributed by atoms with Gasteiger partial charge in [-0.25, -0.2) is 0 Å². The predicted octanol–water partition coefficient (Wildman–Crippen LogP) is 2.61. The number of nitrogens with one attached hydrogen (secondary N) is 1. The maximum atomic E-state index is 10.4. The number of aryl methyl sites for hydroxylation is 1. The lowest BCUT2D eigenvalue weighted by atomic mass is 10.1. The van der Waals surface area contributed by atoms with Gasteiger partial charge in [0, 0.05) is 10.6 Å². The normalized spacial score (nSPS) is 11.2. The molecule has 0 amide bonds. The van der Waals surface area contributed by atoms with E-state index in [1.54, 1.807) is 24.3 Å². The van der Waals surface area contributed by atoms with Gasteiger partial charge in [0.05, 0.1) is 17.4 Å². The van der Waals surface area contributed by atoms with E-state index in [-0.39, 0.29) is 0 Å². The molecule has 0 spiro atoms. The molecule has 120 valence electrons. The van der Waals surface area contributed by atoms with Crippen LogP contribution in [0.1, 0.15) is 18.1 Å². The van der Waals surface area contributed by atoms with Crippen LogP contribution in [-0.2, 0) is 4.79 Å². The first kappa shape index (κ1) is 16.8. The molecule has 23 heavy (non-hydrogen) atoms. The molecule has 0 saturated heterocycles. The first-order valence-corrected chi connectivity index (χ1v) is 7.33. The molecule has 1 N–H and O–H groups in total. The lowest BCUT2D eigenvalue weighted by Gasteiger charge is -2.09. The van der Waals surface area contributed by atoms with Crippen LogP contribution in [0.2, 0.25) is 5.02 Å². The van der Waals surface area contributed by atoms with Crippen LogP contribution < -0.4 is 15.3 Å². The molecule has 0 aliphatic carbocycles. The van der Waals surface area contributed by atoms with Crippen molar-refractivity contribution >= 4 is 29.0 Å². The monoisotopic (exact) mass is 331 g/mol. The highest BCUT2D eigenvalue weighted by Gasteiger charge is 2.02. The Bertz CT molecular complexity index is 744. The number of hydrogen-bond donors (Lipinski definition) is 1. The van der Waals surface area contributed by atoms with Gasteiger partial charge in [0.15, 0.2) is 0 Å². The second-order valence-electron chi connectivity index (χ2n) is 4.96. The molecular formula is C17H16ClN2O3-. The number of anilines is 1. The third-order valence-corrected chi connectivity index (χ3v) is 3.54. The molecule has 0 aromatic heterocycles. The minimum Gasteiger partial charge on any atom is -0.546 e. The van der Waals surface area contributed by atoms with Crippen LogP contribution in [0.5, 0.6) is 5.75 Å². The first-order valence-electron chi connectivity index (χ1n) is 6.95. The number of carboxylic acids is 1. The third-order valence-electron chi connectivity index (χ3n) is 3.13. The first-order chi connectivity index (χ1) is 11.0. The van der Waals surface area contributed by atoms with Crippen molar-refractivity contribution in [2.24, 2.45) is 5.10 Å². The Kier molecular flexibility index (Phi) is 5.60. The minimum atomic E-state index is -1.27. The molecule has 0 bridgehead atoms. The summed E-state index contributed by atoms with van der Waals surface area (Å²) in [5.74, 6) is -0.821. The van der Waals surface area contributed by atoms with Gasteiger partial charge in [0.25, 0.3) is 0 Å². The summed E-state index contributed by atoms with van der Waals surface area (Å²) in [6, 6.07) is 12.6. The number of aliphatic carboxylic acids is 1. The highest BCUT2D eigenvalue weighted by atomic mass is 35.5. The fourth-order valence-corrected chi connectivity index (χ4v) is 2.01. The fourth-order valence-electron chi connectivity index (χ4n) is 1.83. The molecule has 0 aliphatic heterocycles. The largest absolute Gasteiger partial charge is 0.546 e. The van der Waals surface area contributed by atoms with Crippen LogP contribution in [0.3, 0.4) is 0 Å². The van der Waals surface area contributed by atoms with Gasteiger partial charge in [-0.05, 0) is 43.7 Å². The number of carboxylic acid groups (broad SMARTS) is 1. The van der Waals surface area contributed by atoms with Crippen LogP contribution in [0.15, 0.2) is 47.6 Å². The maximum absolute atomic E-state index is 10.4. The molecule has 2 rings (SSSR count). The highest BCUT2D eigenvalue weighted by Crippen LogP contribution is 2.20. The van der Waals surface area contributed by atoms with Crippen molar-refractivity contribution in [3.63, 3.8) is 0 Å². The van der Waals surface area contributed by atoms with Gasteiger partial charge >= 0.3 is 0 Å². The van der Waals surface area contributed by atoms with Crippen molar-refractivity contribution < 1.29 is 14.6 Å². The van der Waals surface area contributed by atoms with Crippen LogP contribution in [0.4, 0.5) is 5.69 Å². The minimum absolute atomic E-state index is 0.444. The van der Waals surface area contributed by atoms with E-state index in [4.69, 9.17) is 16.3 Å². The Balaban J connectivity index is 2.09. The molecule has 0 saturated carbocycles. The molecule has 2 aromatic carbocycles. The van der Waals surface area contributed by atoms with Crippen LogP contribution in [0.25, 0.3) is 0 Å². The van der Waals surface area contributed by atoms with Gasteiger partial charge in [-0.3, -0.25) is 5.43 Å². The summed E-state index contributed by atoms with van der Waals surface area (Å²) in [5, 5.41) is 15.4. The maximum Gasteiger partial charge on any atom is 0.128 e. The molecule has 0 atom stereocenters. The van der Waals surface area contributed by atoms with Gasteiger partial charge in [-0.2, -0.15) is 5.10 Å². The summed E-state index contributed by atoms with van der Waals surface area (Å²) in [6.45, 7) is 3.28. The average molecular weight is 332 g/mol. The van der Waals surface area contributed by atoms with E-state index in [9.17, 15) is 9.90 Å². The molecule has 0 radical (unpaired) electrons. The number of carbonyl (C=O) groups is 1. The Morgan fingerprint density at radius 2 is 2.09 bits per heavy atom. The van der Waals surface area contributed by atoms with Gasteiger partial charge in [-0.15, -0.1) is 0 Å². The van der Waals surface area contributed by atoms with E-state index < -0.39 is 12.6 Å². The molecule has 0 unspecified atom stereocenters. The van der Waals surface area contributed by atoms with Gasteiger partial charge in [-0.1, -0.05) is 29.8 Å². The van der Waals surface area contributed by atoms with Crippen LogP contribution in [-0.4, -0.2) is 18.3 Å². The topological polar surface area (TPSA) is 73.8 Å². The average Bonchev–Trinajstić information content (AvgIpc) is 2.54. The summed E-state index contributed by atoms with van der Waals surface area (Å²) in [7, 11) is 0. The van der Waals surface area contributed by atoms with E-state index in [1.807, 2.05) is 32.0 Å². The number of carbonyl (C=O) groups excluding carboxylic acids is 1. The standard InChI is InChI=1S/C17H17ClN2O3/c1-11-6-7-14(9-16(11)18)20-19-12(2)13-4-3-5-15(8-13)23-10-17(21)22/h3-9,20H,10H2,1-2H3,(H,21,22)/p-1/b19-12-. The lowest BCUT2D eigenvalue weighted by Crippen LogP contribution is -2.28. The SMILES string of the molecule is C/C(=N/Nc1ccc(C)c(Cl)c1)c1cccc(OCC(=O)[O-])c1. The van der Waals surface area contributed by atoms with Gasteiger partial charge in [0.1, 0.15) is 12.4 Å². The highest BCUT2D eigenvalue weighted by molar-refractivity contribution is 6.31. The van der Waals surface area contributed by atoms with Crippen LogP contribution in [0, 0.1) is 6.92 Å². The van der Waals surface area contributed by atoms with E-state index in [2.05, 4.69) is 10.5 Å². The Morgan fingerprint density at radius 1 is 1.30 bits per heavy atom.